The largest absolute Gasteiger partial charge is 0.485 e. The number of amides is 1. The van der Waals surface area contributed by atoms with Gasteiger partial charge < -0.3 is 14.8 Å². The molecule has 1 atom stereocenters. The Morgan fingerprint density at radius 1 is 1.38 bits per heavy atom. The molecule has 1 N–H and O–H groups in total. The number of benzene rings is 1. The highest BCUT2D eigenvalue weighted by Crippen LogP contribution is 2.31. The molecule has 0 aliphatic carbocycles. The van der Waals surface area contributed by atoms with E-state index in [1.54, 1.807) is 23.1 Å². The molecule has 2 heterocycles. The number of carbonyl (C=O) groups is 1. The summed E-state index contributed by atoms with van der Waals surface area (Å²) < 4.78 is 13.0. The molecular weight excluding hydrogens is 270 g/mol. The lowest BCUT2D eigenvalue weighted by atomic mass is 10.2. The van der Waals surface area contributed by atoms with Gasteiger partial charge in [-0.15, -0.1) is 0 Å². The van der Waals surface area contributed by atoms with E-state index in [-0.39, 0.29) is 18.6 Å². The fourth-order valence-corrected chi connectivity index (χ4v) is 2.06. The minimum Gasteiger partial charge on any atom is -0.485 e. The highest BCUT2D eigenvalue weighted by atomic mass is 16.6. The molecular formula is C15H17N3O3. The van der Waals surface area contributed by atoms with Crippen molar-refractivity contribution in [3.05, 3.63) is 36.7 Å². The Labute approximate surface area is 122 Å². The van der Waals surface area contributed by atoms with Crippen LogP contribution in [0.2, 0.25) is 0 Å². The number of para-hydroxylation sites is 2. The van der Waals surface area contributed by atoms with E-state index in [1.165, 1.54) is 0 Å². The van der Waals surface area contributed by atoms with Crippen molar-refractivity contribution in [1.82, 2.24) is 9.78 Å². The maximum Gasteiger partial charge on any atom is 0.269 e. The molecule has 0 radical (unpaired) electrons. The average Bonchev–Trinajstić information content (AvgIpc) is 2.95. The van der Waals surface area contributed by atoms with Crippen LogP contribution >= 0.6 is 0 Å². The van der Waals surface area contributed by atoms with Crippen LogP contribution in [-0.4, -0.2) is 28.4 Å². The normalized spacial score (nSPS) is 16.8. The predicted molar refractivity (Wildman–Crippen MR) is 77.6 cm³/mol. The summed E-state index contributed by atoms with van der Waals surface area (Å²) in [6.07, 6.45) is 2.75. The fraction of sp³-hybridized carbons (Fsp3) is 0.333. The summed E-state index contributed by atoms with van der Waals surface area (Å²) in [4.78, 5) is 12.2. The van der Waals surface area contributed by atoms with Crippen LogP contribution in [0.5, 0.6) is 11.5 Å². The predicted octanol–water partition coefficient (Wildman–Crippen LogP) is 2.24. The van der Waals surface area contributed by atoms with Gasteiger partial charge >= 0.3 is 0 Å². The summed E-state index contributed by atoms with van der Waals surface area (Å²) in [6, 6.07) is 7.55. The lowest BCUT2D eigenvalue weighted by molar-refractivity contribution is -0.125. The lowest BCUT2D eigenvalue weighted by Crippen LogP contribution is -2.40. The molecule has 1 aliphatic heterocycles. The van der Waals surface area contributed by atoms with Crippen LogP contribution in [0.25, 0.3) is 0 Å². The first-order valence-corrected chi connectivity index (χ1v) is 6.87. The van der Waals surface area contributed by atoms with Crippen molar-refractivity contribution in [2.75, 3.05) is 11.9 Å². The molecule has 6 heteroatoms. The number of carbonyl (C=O) groups excluding carboxylic acids is 1. The van der Waals surface area contributed by atoms with Crippen molar-refractivity contribution in [2.24, 2.45) is 0 Å². The highest BCUT2D eigenvalue weighted by molar-refractivity contribution is 5.94. The van der Waals surface area contributed by atoms with Crippen LogP contribution in [-0.2, 0) is 4.79 Å². The summed E-state index contributed by atoms with van der Waals surface area (Å²) in [5.41, 5.74) is 0.649. The molecule has 110 valence electrons. The molecule has 3 rings (SSSR count). The van der Waals surface area contributed by atoms with Crippen LogP contribution in [0.4, 0.5) is 5.69 Å². The number of rotatable bonds is 3. The van der Waals surface area contributed by atoms with Crippen LogP contribution in [0, 0.1) is 0 Å². The Kier molecular flexibility index (Phi) is 3.51. The monoisotopic (exact) mass is 287 g/mol. The zero-order valence-corrected chi connectivity index (χ0v) is 11.9. The number of hydrogen-bond donors (Lipinski definition) is 1. The second-order valence-corrected chi connectivity index (χ2v) is 5.16. The number of fused-ring (bicyclic) bond motifs is 1. The third-order valence-electron chi connectivity index (χ3n) is 3.20. The Hall–Kier alpha value is -2.50. The van der Waals surface area contributed by atoms with Gasteiger partial charge in [-0.1, -0.05) is 12.1 Å². The van der Waals surface area contributed by atoms with Gasteiger partial charge in [0.15, 0.2) is 11.5 Å². The zero-order valence-electron chi connectivity index (χ0n) is 11.9. The molecule has 0 saturated carbocycles. The molecule has 21 heavy (non-hydrogen) atoms. The molecule has 0 saturated heterocycles. The first kappa shape index (κ1) is 13.5. The summed E-state index contributed by atoms with van der Waals surface area (Å²) >= 11 is 0. The van der Waals surface area contributed by atoms with Crippen molar-refractivity contribution in [3.8, 4) is 11.5 Å². The number of aromatic nitrogens is 2. The Morgan fingerprint density at radius 2 is 2.14 bits per heavy atom. The van der Waals surface area contributed by atoms with Crippen LogP contribution in [0.1, 0.15) is 19.9 Å². The van der Waals surface area contributed by atoms with Crippen LogP contribution in [0.3, 0.4) is 0 Å². The van der Waals surface area contributed by atoms with Gasteiger partial charge in [-0.25, -0.2) is 0 Å². The molecule has 2 aromatic rings. The molecule has 1 unspecified atom stereocenters. The van der Waals surface area contributed by atoms with E-state index >= 15 is 0 Å². The van der Waals surface area contributed by atoms with Gasteiger partial charge in [0.25, 0.3) is 5.91 Å². The van der Waals surface area contributed by atoms with Crippen molar-refractivity contribution in [1.29, 1.82) is 0 Å². The quantitative estimate of drug-likeness (QED) is 0.940. The van der Waals surface area contributed by atoms with Crippen molar-refractivity contribution >= 4 is 11.6 Å². The molecule has 1 amide bonds. The summed E-state index contributed by atoms with van der Waals surface area (Å²) in [5.74, 6) is 1.00. The molecule has 1 aliphatic rings. The minimum absolute atomic E-state index is 0.196. The van der Waals surface area contributed by atoms with E-state index in [4.69, 9.17) is 9.47 Å². The average molecular weight is 287 g/mol. The second-order valence-electron chi connectivity index (χ2n) is 5.16. The Bertz CT molecular complexity index is 651. The number of hydrogen-bond acceptors (Lipinski definition) is 4. The first-order chi connectivity index (χ1) is 10.1. The SMILES string of the molecule is CC(C)n1cc(NC(=O)C2COc3ccccc3O2)cn1. The van der Waals surface area contributed by atoms with Crippen LogP contribution in [0.15, 0.2) is 36.7 Å². The molecule has 6 nitrogen and oxygen atoms in total. The fourth-order valence-electron chi connectivity index (χ4n) is 2.06. The third-order valence-corrected chi connectivity index (χ3v) is 3.20. The Balaban J connectivity index is 1.66. The second kappa shape index (κ2) is 5.47. The highest BCUT2D eigenvalue weighted by Gasteiger charge is 2.27. The van der Waals surface area contributed by atoms with Gasteiger partial charge in [0, 0.05) is 12.2 Å². The number of nitrogens with zero attached hydrogens (tertiary/aromatic N) is 2. The van der Waals surface area contributed by atoms with Gasteiger partial charge in [0.05, 0.1) is 11.9 Å². The van der Waals surface area contributed by atoms with E-state index < -0.39 is 6.10 Å². The standard InChI is InChI=1S/C15H17N3O3/c1-10(2)18-8-11(7-16-18)17-15(19)14-9-20-12-5-3-4-6-13(12)21-14/h3-8,10,14H,9H2,1-2H3,(H,17,19). The summed E-state index contributed by atoms with van der Waals surface area (Å²) in [5, 5.41) is 6.97. The maximum absolute atomic E-state index is 12.2. The van der Waals surface area contributed by atoms with Gasteiger partial charge in [-0.2, -0.15) is 5.10 Å². The maximum atomic E-state index is 12.2. The van der Waals surface area contributed by atoms with Crippen molar-refractivity contribution in [2.45, 2.75) is 26.0 Å². The summed E-state index contributed by atoms with van der Waals surface area (Å²) in [6.45, 7) is 4.24. The third kappa shape index (κ3) is 2.84. The van der Waals surface area contributed by atoms with Crippen molar-refractivity contribution in [3.63, 3.8) is 0 Å². The topological polar surface area (TPSA) is 65.4 Å². The van der Waals surface area contributed by atoms with Gasteiger partial charge in [0.2, 0.25) is 6.10 Å². The molecule has 0 bridgehead atoms. The number of anilines is 1. The minimum atomic E-state index is -0.665. The van der Waals surface area contributed by atoms with E-state index in [1.807, 2.05) is 32.0 Å². The smallest absolute Gasteiger partial charge is 0.269 e. The number of ether oxygens (including phenoxy) is 2. The van der Waals surface area contributed by atoms with E-state index in [0.29, 0.717) is 17.2 Å². The molecule has 0 fully saturated rings. The van der Waals surface area contributed by atoms with Gasteiger partial charge in [-0.3, -0.25) is 9.48 Å². The number of nitrogens with one attached hydrogen (secondary N) is 1. The summed E-state index contributed by atoms with van der Waals surface area (Å²) in [7, 11) is 0. The van der Waals surface area contributed by atoms with Crippen LogP contribution < -0.4 is 14.8 Å². The molecule has 1 aromatic carbocycles. The van der Waals surface area contributed by atoms with E-state index in [9.17, 15) is 4.79 Å². The van der Waals surface area contributed by atoms with E-state index in [0.717, 1.165) is 0 Å². The van der Waals surface area contributed by atoms with Crippen molar-refractivity contribution < 1.29 is 14.3 Å². The van der Waals surface area contributed by atoms with E-state index in [2.05, 4.69) is 10.4 Å². The lowest BCUT2D eigenvalue weighted by Gasteiger charge is -2.25. The Morgan fingerprint density at radius 3 is 2.86 bits per heavy atom. The van der Waals surface area contributed by atoms with Gasteiger partial charge in [0.1, 0.15) is 6.61 Å². The first-order valence-electron chi connectivity index (χ1n) is 6.87. The molecule has 0 spiro atoms. The van der Waals surface area contributed by atoms with Gasteiger partial charge in [-0.05, 0) is 26.0 Å². The zero-order chi connectivity index (χ0) is 14.8. The molecule has 1 aromatic heterocycles.